The molecule has 1 aromatic rings. The van der Waals surface area contributed by atoms with Crippen molar-refractivity contribution < 1.29 is 9.90 Å². The van der Waals surface area contributed by atoms with Crippen LogP contribution in [0.15, 0.2) is 22.7 Å². The molecule has 0 radical (unpaired) electrons. The summed E-state index contributed by atoms with van der Waals surface area (Å²) in [5.41, 5.74) is 1.67. The number of nitrogens with zero attached hydrogens (tertiary/aromatic N) is 1. The Morgan fingerprint density at radius 1 is 1.56 bits per heavy atom. The molecule has 1 aromatic carbocycles. The Kier molecular flexibility index (Phi) is 4.96. The number of halogens is 1. The summed E-state index contributed by atoms with van der Waals surface area (Å²) >= 11 is 3.43. The topological polar surface area (TPSA) is 40.5 Å². The predicted octanol–water partition coefficient (Wildman–Crippen LogP) is 2.47. The average Bonchev–Trinajstić information content (AvgIpc) is 2.25. The van der Waals surface area contributed by atoms with Crippen LogP contribution in [0.5, 0.6) is 0 Å². The van der Waals surface area contributed by atoms with Crippen LogP contribution in [-0.4, -0.2) is 31.1 Å². The molecule has 3 nitrogen and oxygen atoms in total. The number of hydrogen-bond donors (Lipinski definition) is 1. The molecule has 0 bridgehead atoms. The molecule has 1 N–H and O–H groups in total. The summed E-state index contributed by atoms with van der Waals surface area (Å²) in [6.07, 6.45) is 1.25. The van der Waals surface area contributed by atoms with E-state index in [1.807, 2.05) is 18.0 Å². The number of anilines is 1. The largest absolute Gasteiger partial charge is 0.393 e. The first kappa shape index (κ1) is 13.2. The summed E-state index contributed by atoms with van der Waals surface area (Å²) in [5.74, 6) is 0. The number of rotatable bonds is 5. The van der Waals surface area contributed by atoms with Crippen molar-refractivity contribution in [2.24, 2.45) is 0 Å². The summed E-state index contributed by atoms with van der Waals surface area (Å²) in [6, 6.07) is 5.48. The van der Waals surface area contributed by atoms with E-state index in [0.29, 0.717) is 5.56 Å². The zero-order valence-electron chi connectivity index (χ0n) is 9.48. The number of carbonyl (C=O) groups is 1. The Morgan fingerprint density at radius 3 is 2.75 bits per heavy atom. The molecule has 1 unspecified atom stereocenters. The van der Waals surface area contributed by atoms with Gasteiger partial charge in [0, 0.05) is 23.6 Å². The van der Waals surface area contributed by atoms with E-state index in [-0.39, 0.29) is 6.10 Å². The molecule has 0 aromatic heterocycles. The van der Waals surface area contributed by atoms with E-state index >= 15 is 0 Å². The molecule has 1 rings (SSSR count). The van der Waals surface area contributed by atoms with E-state index in [1.165, 1.54) is 0 Å². The lowest BCUT2D eigenvalue weighted by atomic mass is 10.2. The number of benzene rings is 1. The number of aliphatic hydroxyl groups is 1. The monoisotopic (exact) mass is 285 g/mol. The molecule has 0 spiro atoms. The van der Waals surface area contributed by atoms with E-state index in [0.717, 1.165) is 29.4 Å². The first-order valence-corrected chi connectivity index (χ1v) is 5.98. The van der Waals surface area contributed by atoms with Crippen molar-refractivity contribution in [2.75, 3.05) is 18.5 Å². The van der Waals surface area contributed by atoms with Crippen LogP contribution in [0.25, 0.3) is 0 Å². The summed E-state index contributed by atoms with van der Waals surface area (Å²) in [6.45, 7) is 2.55. The maximum atomic E-state index is 10.6. The molecule has 0 aliphatic heterocycles. The Balaban J connectivity index is 2.75. The predicted molar refractivity (Wildman–Crippen MR) is 69.1 cm³/mol. The lowest BCUT2D eigenvalue weighted by molar-refractivity contribution is 0.112. The van der Waals surface area contributed by atoms with Crippen molar-refractivity contribution in [3.05, 3.63) is 28.2 Å². The van der Waals surface area contributed by atoms with Crippen molar-refractivity contribution in [2.45, 2.75) is 19.4 Å². The zero-order valence-corrected chi connectivity index (χ0v) is 11.1. The number of aldehydes is 1. The van der Waals surface area contributed by atoms with Crippen LogP contribution in [0.2, 0.25) is 0 Å². The Hall–Kier alpha value is -0.870. The summed E-state index contributed by atoms with van der Waals surface area (Å²) < 4.78 is 0.894. The fraction of sp³-hybridized carbons (Fsp3) is 0.417. The second-order valence-electron chi connectivity index (χ2n) is 3.89. The first-order chi connectivity index (χ1) is 7.54. The molecular weight excluding hydrogens is 270 g/mol. The Labute approximate surface area is 104 Å². The molecule has 0 aliphatic carbocycles. The minimum Gasteiger partial charge on any atom is -0.393 e. The molecule has 0 aliphatic rings. The van der Waals surface area contributed by atoms with Crippen LogP contribution in [0.4, 0.5) is 5.69 Å². The van der Waals surface area contributed by atoms with Crippen molar-refractivity contribution in [3.63, 3.8) is 0 Å². The average molecular weight is 286 g/mol. The Bertz CT molecular complexity index is 366. The van der Waals surface area contributed by atoms with E-state index < -0.39 is 0 Å². The summed E-state index contributed by atoms with van der Waals surface area (Å²) in [4.78, 5) is 12.6. The van der Waals surface area contributed by atoms with Gasteiger partial charge in [-0.05, 0) is 47.5 Å². The number of hydrogen-bond acceptors (Lipinski definition) is 3. The van der Waals surface area contributed by atoms with Crippen LogP contribution < -0.4 is 4.90 Å². The molecule has 4 heteroatoms. The molecule has 0 saturated heterocycles. The molecule has 16 heavy (non-hydrogen) atoms. The van der Waals surface area contributed by atoms with Crippen molar-refractivity contribution >= 4 is 27.9 Å². The second kappa shape index (κ2) is 6.01. The molecule has 0 fully saturated rings. The molecular formula is C12H16BrNO2. The second-order valence-corrected chi connectivity index (χ2v) is 4.74. The van der Waals surface area contributed by atoms with Gasteiger partial charge in [0.05, 0.1) is 11.8 Å². The lowest BCUT2D eigenvalue weighted by Crippen LogP contribution is -2.22. The van der Waals surface area contributed by atoms with Gasteiger partial charge in [0.15, 0.2) is 0 Å². The number of carbonyl (C=O) groups excluding carboxylic acids is 1. The highest BCUT2D eigenvalue weighted by atomic mass is 79.9. The zero-order chi connectivity index (χ0) is 12.1. The van der Waals surface area contributed by atoms with Crippen molar-refractivity contribution in [1.29, 1.82) is 0 Å². The van der Waals surface area contributed by atoms with E-state index in [2.05, 4.69) is 15.9 Å². The van der Waals surface area contributed by atoms with E-state index in [9.17, 15) is 9.90 Å². The minimum absolute atomic E-state index is 0.296. The third-order valence-corrected chi connectivity index (χ3v) is 3.04. The van der Waals surface area contributed by atoms with Gasteiger partial charge in [-0.2, -0.15) is 0 Å². The fourth-order valence-electron chi connectivity index (χ4n) is 1.41. The summed E-state index contributed by atoms with van der Waals surface area (Å²) in [5, 5.41) is 9.21. The smallest absolute Gasteiger partial charge is 0.150 e. The van der Waals surface area contributed by atoms with Crippen LogP contribution in [-0.2, 0) is 0 Å². The van der Waals surface area contributed by atoms with Gasteiger partial charge in [-0.3, -0.25) is 4.79 Å². The van der Waals surface area contributed by atoms with Crippen molar-refractivity contribution in [1.82, 2.24) is 0 Å². The van der Waals surface area contributed by atoms with Gasteiger partial charge in [-0.25, -0.2) is 0 Å². The molecule has 0 amide bonds. The van der Waals surface area contributed by atoms with Gasteiger partial charge in [-0.1, -0.05) is 0 Å². The van der Waals surface area contributed by atoms with Crippen LogP contribution in [0, 0.1) is 0 Å². The van der Waals surface area contributed by atoms with Gasteiger partial charge < -0.3 is 10.0 Å². The van der Waals surface area contributed by atoms with Crippen LogP contribution in [0.3, 0.4) is 0 Å². The normalized spacial score (nSPS) is 12.2. The fourth-order valence-corrected chi connectivity index (χ4v) is 2.11. The Morgan fingerprint density at radius 2 is 2.25 bits per heavy atom. The minimum atomic E-state index is -0.296. The molecule has 88 valence electrons. The number of aliphatic hydroxyl groups excluding tert-OH is 1. The third kappa shape index (κ3) is 3.61. The highest BCUT2D eigenvalue weighted by Crippen LogP contribution is 2.26. The van der Waals surface area contributed by atoms with E-state index in [4.69, 9.17) is 0 Å². The molecule has 1 atom stereocenters. The quantitative estimate of drug-likeness (QED) is 0.845. The maximum Gasteiger partial charge on any atom is 0.150 e. The maximum absolute atomic E-state index is 10.6. The van der Waals surface area contributed by atoms with Gasteiger partial charge in [0.2, 0.25) is 0 Å². The lowest BCUT2D eigenvalue weighted by Gasteiger charge is -2.21. The first-order valence-electron chi connectivity index (χ1n) is 5.18. The van der Waals surface area contributed by atoms with Crippen LogP contribution >= 0.6 is 15.9 Å². The van der Waals surface area contributed by atoms with Gasteiger partial charge in [0.1, 0.15) is 6.29 Å². The van der Waals surface area contributed by atoms with Gasteiger partial charge in [-0.15, -0.1) is 0 Å². The van der Waals surface area contributed by atoms with Crippen molar-refractivity contribution in [3.8, 4) is 0 Å². The molecule has 0 heterocycles. The third-order valence-electron chi connectivity index (χ3n) is 2.40. The van der Waals surface area contributed by atoms with Crippen LogP contribution in [0.1, 0.15) is 23.7 Å². The van der Waals surface area contributed by atoms with Gasteiger partial charge in [0.25, 0.3) is 0 Å². The standard InChI is InChI=1S/C12H16BrNO2/c1-9(16)5-6-14(2)12-4-3-10(8-15)7-11(12)13/h3-4,7-9,16H,5-6H2,1-2H3. The SMILES string of the molecule is CC(O)CCN(C)c1ccc(C=O)cc1Br. The molecule has 0 saturated carbocycles. The van der Waals surface area contributed by atoms with Gasteiger partial charge >= 0.3 is 0 Å². The highest BCUT2D eigenvalue weighted by Gasteiger charge is 2.07. The van der Waals surface area contributed by atoms with E-state index in [1.54, 1.807) is 19.1 Å². The summed E-state index contributed by atoms with van der Waals surface area (Å²) in [7, 11) is 1.96. The highest BCUT2D eigenvalue weighted by molar-refractivity contribution is 9.10.